The van der Waals surface area contributed by atoms with Crippen LogP contribution in [0.15, 0.2) is 16.3 Å². The molecule has 3 N–H and O–H groups in total. The summed E-state index contributed by atoms with van der Waals surface area (Å²) in [6, 6.07) is 3.22. The number of nitrogens with one attached hydrogen (secondary N) is 1. The highest BCUT2D eigenvalue weighted by atomic mass is 32.2. The van der Waals surface area contributed by atoms with E-state index in [0.29, 0.717) is 19.6 Å². The average molecular weight is 332 g/mol. The van der Waals surface area contributed by atoms with Crippen LogP contribution in [0.5, 0.6) is 0 Å². The second kappa shape index (κ2) is 6.87. The van der Waals surface area contributed by atoms with Crippen LogP contribution in [-0.4, -0.2) is 33.6 Å². The highest BCUT2D eigenvalue weighted by Crippen LogP contribution is 2.24. The van der Waals surface area contributed by atoms with Gasteiger partial charge in [0.2, 0.25) is 15.9 Å². The summed E-state index contributed by atoms with van der Waals surface area (Å²) in [5.41, 5.74) is 0. The molecule has 0 bridgehead atoms. The van der Waals surface area contributed by atoms with Crippen molar-refractivity contribution < 1.29 is 17.9 Å². The third-order valence-corrected chi connectivity index (χ3v) is 6.12. The molecule has 0 aliphatic carbocycles. The molecule has 1 fully saturated rings. The second-order valence-corrected chi connectivity index (χ2v) is 7.98. The van der Waals surface area contributed by atoms with Crippen LogP contribution in [0.4, 0.5) is 0 Å². The number of nitrogens with two attached hydrogens (primary N) is 1. The smallest absolute Gasteiger partial charge is 0.247 e. The lowest BCUT2D eigenvalue weighted by molar-refractivity contribution is -0.126. The number of rotatable bonds is 6. The summed E-state index contributed by atoms with van der Waals surface area (Å²) >= 11 is 1.14. The van der Waals surface area contributed by atoms with Gasteiger partial charge in [0.05, 0.1) is 12.0 Å². The maximum absolute atomic E-state index is 12.1. The minimum atomic E-state index is -3.63. The lowest BCUT2D eigenvalue weighted by atomic mass is 9.99. The van der Waals surface area contributed by atoms with Crippen molar-refractivity contribution in [2.75, 3.05) is 13.2 Å². The summed E-state index contributed by atoms with van der Waals surface area (Å²) in [6.07, 6.45) is 2.20. The Morgan fingerprint density at radius 2 is 2.29 bits per heavy atom. The second-order valence-electron chi connectivity index (χ2n) is 5.02. The Morgan fingerprint density at radius 1 is 1.52 bits per heavy atom. The van der Waals surface area contributed by atoms with Gasteiger partial charge in [-0.25, -0.2) is 13.6 Å². The van der Waals surface area contributed by atoms with Crippen molar-refractivity contribution in [1.82, 2.24) is 5.32 Å². The van der Waals surface area contributed by atoms with Crippen molar-refractivity contribution in [2.45, 2.75) is 36.5 Å². The summed E-state index contributed by atoms with van der Waals surface area (Å²) in [7, 11) is -3.63. The molecule has 118 valence electrons. The van der Waals surface area contributed by atoms with Gasteiger partial charge in [-0.05, 0) is 31.4 Å². The third-order valence-electron chi connectivity index (χ3n) is 3.54. The van der Waals surface area contributed by atoms with E-state index in [9.17, 15) is 13.2 Å². The normalized spacial score (nSPS) is 22.4. The summed E-state index contributed by atoms with van der Waals surface area (Å²) < 4.78 is 28.0. The summed E-state index contributed by atoms with van der Waals surface area (Å²) in [4.78, 5) is 12.9. The fourth-order valence-electron chi connectivity index (χ4n) is 2.44. The van der Waals surface area contributed by atoms with Crippen molar-refractivity contribution in [1.29, 1.82) is 0 Å². The Hall–Kier alpha value is -0.960. The molecule has 2 heterocycles. The van der Waals surface area contributed by atoms with Crippen LogP contribution in [0.2, 0.25) is 0 Å². The van der Waals surface area contributed by atoms with Crippen molar-refractivity contribution in [2.24, 2.45) is 11.1 Å². The molecule has 1 aromatic heterocycles. The van der Waals surface area contributed by atoms with Crippen LogP contribution in [0.3, 0.4) is 0 Å². The zero-order valence-corrected chi connectivity index (χ0v) is 13.5. The van der Waals surface area contributed by atoms with Crippen molar-refractivity contribution in [3.05, 3.63) is 17.0 Å². The standard InChI is InChI=1S/C13H20N2O4S2/c1-2-11-10(6-8-19-11)13(16)15-7-5-9-3-4-12(20-9)21(14,17)18/h3-4,10-11H,2,5-8H2,1H3,(H,15,16)(H2,14,17,18). The lowest BCUT2D eigenvalue weighted by Gasteiger charge is -2.16. The molecule has 2 atom stereocenters. The molecule has 1 saturated heterocycles. The van der Waals surface area contributed by atoms with Crippen molar-refractivity contribution in [3.63, 3.8) is 0 Å². The number of hydrogen-bond donors (Lipinski definition) is 2. The molecule has 8 heteroatoms. The first-order valence-electron chi connectivity index (χ1n) is 6.92. The predicted molar refractivity (Wildman–Crippen MR) is 80.5 cm³/mol. The number of ether oxygens (including phenoxy) is 1. The van der Waals surface area contributed by atoms with E-state index in [2.05, 4.69) is 5.32 Å². The van der Waals surface area contributed by atoms with E-state index in [0.717, 1.165) is 29.1 Å². The maximum atomic E-state index is 12.1. The molecular weight excluding hydrogens is 312 g/mol. The largest absolute Gasteiger partial charge is 0.377 e. The molecule has 0 radical (unpaired) electrons. The number of carbonyl (C=O) groups is 1. The van der Waals surface area contributed by atoms with E-state index in [4.69, 9.17) is 9.88 Å². The molecule has 1 aliphatic heterocycles. The van der Waals surface area contributed by atoms with Crippen molar-refractivity contribution >= 4 is 27.3 Å². The first-order chi connectivity index (χ1) is 9.91. The fourth-order valence-corrected chi connectivity index (χ4v) is 4.21. The van der Waals surface area contributed by atoms with E-state index in [-0.39, 0.29) is 22.1 Å². The van der Waals surface area contributed by atoms with Crippen molar-refractivity contribution in [3.8, 4) is 0 Å². The van der Waals surface area contributed by atoms with E-state index in [1.54, 1.807) is 6.07 Å². The van der Waals surface area contributed by atoms with Crippen LogP contribution in [0.1, 0.15) is 24.6 Å². The fraction of sp³-hybridized carbons (Fsp3) is 0.615. The van der Waals surface area contributed by atoms with E-state index >= 15 is 0 Å². The summed E-state index contributed by atoms with van der Waals surface area (Å²) in [5.74, 6) is -0.0547. The Morgan fingerprint density at radius 3 is 2.90 bits per heavy atom. The van der Waals surface area contributed by atoms with Crippen LogP contribution < -0.4 is 10.5 Å². The van der Waals surface area contributed by atoms with Gasteiger partial charge < -0.3 is 10.1 Å². The molecule has 6 nitrogen and oxygen atoms in total. The monoisotopic (exact) mass is 332 g/mol. The molecule has 0 spiro atoms. The predicted octanol–water partition coefficient (Wildman–Crippen LogP) is 0.869. The van der Waals surface area contributed by atoms with E-state index < -0.39 is 10.0 Å². The Bertz CT molecular complexity index is 597. The maximum Gasteiger partial charge on any atom is 0.247 e. The summed E-state index contributed by atoms with van der Waals surface area (Å²) in [5, 5.41) is 7.95. The summed E-state index contributed by atoms with van der Waals surface area (Å²) in [6.45, 7) is 3.13. The number of primary sulfonamides is 1. The van der Waals surface area contributed by atoms with Crippen LogP contribution >= 0.6 is 11.3 Å². The molecule has 0 saturated carbocycles. The molecule has 1 aromatic rings. The zero-order chi connectivity index (χ0) is 15.5. The third kappa shape index (κ3) is 4.26. The van der Waals surface area contributed by atoms with Gasteiger partial charge in [-0.2, -0.15) is 0 Å². The SMILES string of the molecule is CCC1OCCC1C(=O)NCCc1ccc(S(N)(=O)=O)s1. The Balaban J connectivity index is 1.81. The highest BCUT2D eigenvalue weighted by molar-refractivity contribution is 7.91. The topological polar surface area (TPSA) is 98.5 Å². The minimum absolute atomic E-state index is 0.0146. The molecule has 1 aliphatic rings. The Kier molecular flexibility index (Phi) is 5.37. The molecule has 2 unspecified atom stereocenters. The molecular formula is C13H20N2O4S2. The van der Waals surface area contributed by atoms with E-state index in [1.807, 2.05) is 6.92 Å². The number of amides is 1. The van der Waals surface area contributed by atoms with Gasteiger partial charge in [-0.15, -0.1) is 11.3 Å². The highest BCUT2D eigenvalue weighted by Gasteiger charge is 2.32. The molecule has 21 heavy (non-hydrogen) atoms. The van der Waals surface area contributed by atoms with Gasteiger partial charge in [0.1, 0.15) is 4.21 Å². The number of thiophene rings is 1. The van der Waals surface area contributed by atoms with Crippen LogP contribution in [0.25, 0.3) is 0 Å². The molecule has 1 amide bonds. The average Bonchev–Trinajstić information content (AvgIpc) is 3.06. The minimum Gasteiger partial charge on any atom is -0.377 e. The number of carbonyl (C=O) groups excluding carboxylic acids is 1. The van der Waals surface area contributed by atoms with Gasteiger partial charge in [0.25, 0.3) is 0 Å². The quantitative estimate of drug-likeness (QED) is 0.807. The van der Waals surface area contributed by atoms with Gasteiger partial charge in [-0.3, -0.25) is 4.79 Å². The lowest BCUT2D eigenvalue weighted by Crippen LogP contribution is -2.36. The van der Waals surface area contributed by atoms with Gasteiger partial charge in [0.15, 0.2) is 0 Å². The number of hydrogen-bond acceptors (Lipinski definition) is 5. The molecule has 2 rings (SSSR count). The first kappa shape index (κ1) is 16.4. The van der Waals surface area contributed by atoms with Gasteiger partial charge in [0, 0.05) is 18.0 Å². The Labute approximate surface area is 128 Å². The van der Waals surface area contributed by atoms with Crippen LogP contribution in [0, 0.1) is 5.92 Å². The molecule has 0 aromatic carbocycles. The van der Waals surface area contributed by atoms with Gasteiger partial charge >= 0.3 is 0 Å². The van der Waals surface area contributed by atoms with Gasteiger partial charge in [-0.1, -0.05) is 6.92 Å². The first-order valence-corrected chi connectivity index (χ1v) is 9.29. The van der Waals surface area contributed by atoms with E-state index in [1.165, 1.54) is 6.07 Å². The van der Waals surface area contributed by atoms with Crippen LogP contribution in [-0.2, 0) is 26.0 Å². The number of sulfonamides is 1. The zero-order valence-electron chi connectivity index (χ0n) is 11.9.